The Labute approximate surface area is 150 Å². The quantitative estimate of drug-likeness (QED) is 0.484. The molecule has 0 fully saturated rings. The van der Waals surface area contributed by atoms with Gasteiger partial charge in [-0.25, -0.2) is 4.98 Å². The largest absolute Gasteiger partial charge is 0.327 e. The molecule has 2 aromatic carbocycles. The van der Waals surface area contributed by atoms with Crippen LogP contribution in [0.15, 0.2) is 67.3 Å². The lowest BCUT2D eigenvalue weighted by Crippen LogP contribution is -1.94. The number of rotatable bonds is 2. The highest BCUT2D eigenvalue weighted by Crippen LogP contribution is 2.31. The van der Waals surface area contributed by atoms with E-state index in [0.29, 0.717) is 0 Å². The van der Waals surface area contributed by atoms with E-state index in [0.717, 1.165) is 44.3 Å². The summed E-state index contributed by atoms with van der Waals surface area (Å²) in [6, 6.07) is 14.6. The third-order valence-corrected chi connectivity index (χ3v) is 4.83. The van der Waals surface area contributed by atoms with Gasteiger partial charge in [0.1, 0.15) is 5.82 Å². The fourth-order valence-electron chi connectivity index (χ4n) is 3.49. The van der Waals surface area contributed by atoms with E-state index >= 15 is 0 Å². The predicted octanol–water partition coefficient (Wildman–Crippen LogP) is 4.19. The molecule has 3 heterocycles. The molecule has 0 N–H and O–H groups in total. The van der Waals surface area contributed by atoms with E-state index in [1.54, 1.807) is 0 Å². The van der Waals surface area contributed by atoms with Gasteiger partial charge in [0.25, 0.3) is 0 Å². The number of benzene rings is 2. The molecule has 0 atom stereocenters. The second kappa shape index (κ2) is 5.52. The summed E-state index contributed by atoms with van der Waals surface area (Å²) in [5.74, 6) is 0.924. The van der Waals surface area contributed by atoms with Crippen molar-refractivity contribution in [2.45, 2.75) is 0 Å². The van der Waals surface area contributed by atoms with Crippen LogP contribution in [0.1, 0.15) is 0 Å². The molecule has 5 aromatic rings. The van der Waals surface area contributed by atoms with Crippen LogP contribution in [0.5, 0.6) is 0 Å². The van der Waals surface area contributed by atoms with Gasteiger partial charge in [0.15, 0.2) is 0 Å². The molecule has 0 aliphatic heterocycles. The number of fused-ring (bicyclic) bond motifs is 2. The van der Waals surface area contributed by atoms with Gasteiger partial charge in [-0.3, -0.25) is 9.67 Å². The van der Waals surface area contributed by atoms with Crippen LogP contribution in [0.2, 0.25) is 0 Å². The molecule has 0 saturated carbocycles. The topological polar surface area (TPSA) is 48.5 Å². The first-order valence-corrected chi connectivity index (χ1v) is 8.49. The number of imidazole rings is 1. The van der Waals surface area contributed by atoms with E-state index in [9.17, 15) is 0 Å². The highest BCUT2D eigenvalue weighted by Gasteiger charge is 2.14. The number of aryl methyl sites for hydroxylation is 2. The van der Waals surface area contributed by atoms with Crippen LogP contribution in [0.3, 0.4) is 0 Å². The Bertz CT molecular complexity index is 1260. The van der Waals surface area contributed by atoms with E-state index in [1.807, 2.05) is 42.6 Å². The first-order chi connectivity index (χ1) is 12.7. The third-order valence-electron chi connectivity index (χ3n) is 4.83. The molecule has 5 nitrogen and oxygen atoms in total. The molecule has 126 valence electrons. The normalized spacial score (nSPS) is 11.5. The fraction of sp³-hybridized carbons (Fsp3) is 0.0952. The van der Waals surface area contributed by atoms with Crippen molar-refractivity contribution in [2.75, 3.05) is 0 Å². The molecule has 5 heteroatoms. The SMILES string of the molecule is Cn1cc(-c2ccc3c(c2)nc(-c2cncc4ccccc24)n3C)cn1. The Kier molecular flexibility index (Phi) is 3.15. The van der Waals surface area contributed by atoms with Crippen LogP contribution in [0.4, 0.5) is 0 Å². The van der Waals surface area contributed by atoms with Gasteiger partial charge in [0.2, 0.25) is 0 Å². The summed E-state index contributed by atoms with van der Waals surface area (Å²) in [6.45, 7) is 0. The minimum absolute atomic E-state index is 0.924. The number of pyridine rings is 1. The first kappa shape index (κ1) is 14.8. The number of nitrogens with zero attached hydrogens (tertiary/aromatic N) is 5. The fourth-order valence-corrected chi connectivity index (χ4v) is 3.49. The molecule has 0 unspecified atom stereocenters. The Hall–Kier alpha value is -3.47. The van der Waals surface area contributed by atoms with Crippen molar-refractivity contribution in [2.24, 2.45) is 14.1 Å². The maximum absolute atomic E-state index is 4.92. The molecule has 0 bridgehead atoms. The zero-order valence-electron chi connectivity index (χ0n) is 14.6. The van der Waals surface area contributed by atoms with Crippen LogP contribution in [0.25, 0.3) is 44.3 Å². The summed E-state index contributed by atoms with van der Waals surface area (Å²) >= 11 is 0. The summed E-state index contributed by atoms with van der Waals surface area (Å²) in [4.78, 5) is 9.33. The molecule has 0 radical (unpaired) electrons. The summed E-state index contributed by atoms with van der Waals surface area (Å²) in [7, 11) is 3.98. The molecular weight excluding hydrogens is 322 g/mol. The first-order valence-electron chi connectivity index (χ1n) is 8.49. The van der Waals surface area contributed by atoms with Crippen LogP contribution in [-0.4, -0.2) is 24.3 Å². The molecule has 0 aliphatic carbocycles. The monoisotopic (exact) mass is 339 g/mol. The van der Waals surface area contributed by atoms with E-state index in [2.05, 4.69) is 58.1 Å². The Morgan fingerprint density at radius 1 is 0.885 bits per heavy atom. The minimum Gasteiger partial charge on any atom is -0.327 e. The van der Waals surface area contributed by atoms with Crippen LogP contribution >= 0.6 is 0 Å². The smallest absolute Gasteiger partial charge is 0.143 e. The Balaban J connectivity index is 1.72. The minimum atomic E-state index is 0.924. The lowest BCUT2D eigenvalue weighted by Gasteiger charge is -2.06. The average molecular weight is 339 g/mol. The van der Waals surface area contributed by atoms with Crippen molar-refractivity contribution in [1.29, 1.82) is 0 Å². The third kappa shape index (κ3) is 2.21. The molecule has 5 rings (SSSR count). The molecular formula is C21H17N5. The molecule has 0 spiro atoms. The van der Waals surface area contributed by atoms with Crippen molar-refractivity contribution in [3.05, 3.63) is 67.3 Å². The van der Waals surface area contributed by atoms with Crippen molar-refractivity contribution in [1.82, 2.24) is 24.3 Å². The molecule has 26 heavy (non-hydrogen) atoms. The maximum Gasteiger partial charge on any atom is 0.143 e. The standard InChI is InChI=1S/C21H17N5/c1-25-13-16(11-23-25)14-7-8-20-19(9-14)24-21(26(20)2)18-12-22-10-15-5-3-4-6-17(15)18/h3-13H,1-2H3. The molecule has 0 saturated heterocycles. The van der Waals surface area contributed by atoms with Gasteiger partial charge in [-0.05, 0) is 23.1 Å². The molecule has 3 aromatic heterocycles. The second-order valence-corrected chi connectivity index (χ2v) is 6.51. The summed E-state index contributed by atoms with van der Waals surface area (Å²) in [6.07, 6.45) is 7.67. The maximum atomic E-state index is 4.92. The average Bonchev–Trinajstić information content (AvgIpc) is 3.24. The number of hydrogen-bond acceptors (Lipinski definition) is 3. The van der Waals surface area contributed by atoms with Gasteiger partial charge in [-0.2, -0.15) is 5.10 Å². The van der Waals surface area contributed by atoms with Crippen LogP contribution in [-0.2, 0) is 14.1 Å². The number of hydrogen-bond donors (Lipinski definition) is 0. The predicted molar refractivity (Wildman–Crippen MR) is 104 cm³/mol. The van der Waals surface area contributed by atoms with Crippen molar-refractivity contribution < 1.29 is 0 Å². The number of aromatic nitrogens is 5. The lowest BCUT2D eigenvalue weighted by molar-refractivity contribution is 0.768. The zero-order chi connectivity index (χ0) is 17.7. The van der Waals surface area contributed by atoms with Gasteiger partial charge in [0.05, 0.1) is 17.2 Å². The lowest BCUT2D eigenvalue weighted by atomic mass is 10.1. The zero-order valence-corrected chi connectivity index (χ0v) is 14.6. The van der Waals surface area contributed by atoms with Crippen molar-refractivity contribution in [3.8, 4) is 22.5 Å². The van der Waals surface area contributed by atoms with Gasteiger partial charge >= 0.3 is 0 Å². The summed E-state index contributed by atoms with van der Waals surface area (Å²) < 4.78 is 3.94. The van der Waals surface area contributed by atoms with E-state index in [1.165, 1.54) is 0 Å². The highest BCUT2D eigenvalue weighted by atomic mass is 15.2. The van der Waals surface area contributed by atoms with Crippen LogP contribution < -0.4 is 0 Å². The van der Waals surface area contributed by atoms with E-state index in [4.69, 9.17) is 4.98 Å². The van der Waals surface area contributed by atoms with E-state index < -0.39 is 0 Å². The highest BCUT2D eigenvalue weighted by molar-refractivity contribution is 5.96. The summed E-state index contributed by atoms with van der Waals surface area (Å²) in [5, 5.41) is 6.54. The van der Waals surface area contributed by atoms with Gasteiger partial charge in [-0.15, -0.1) is 0 Å². The van der Waals surface area contributed by atoms with Gasteiger partial charge in [-0.1, -0.05) is 30.3 Å². The summed E-state index contributed by atoms with van der Waals surface area (Å²) in [5.41, 5.74) is 5.32. The molecule has 0 aliphatic rings. The Morgan fingerprint density at radius 2 is 1.77 bits per heavy atom. The van der Waals surface area contributed by atoms with Gasteiger partial charge < -0.3 is 4.57 Å². The van der Waals surface area contributed by atoms with Crippen molar-refractivity contribution >= 4 is 21.8 Å². The molecule has 0 amide bonds. The van der Waals surface area contributed by atoms with E-state index in [-0.39, 0.29) is 0 Å². The Morgan fingerprint density at radius 3 is 2.62 bits per heavy atom. The van der Waals surface area contributed by atoms with Crippen LogP contribution in [0, 0.1) is 0 Å². The second-order valence-electron chi connectivity index (χ2n) is 6.51. The van der Waals surface area contributed by atoms with Gasteiger partial charge in [0, 0.05) is 49.2 Å². The van der Waals surface area contributed by atoms with Crippen molar-refractivity contribution in [3.63, 3.8) is 0 Å².